The molecule has 1 aliphatic heterocycles. The second-order valence-corrected chi connectivity index (χ2v) is 10.7. The van der Waals surface area contributed by atoms with Crippen molar-refractivity contribution in [2.24, 2.45) is 0 Å². The Bertz CT molecular complexity index is 1420. The zero-order valence-corrected chi connectivity index (χ0v) is 22.3. The molecule has 1 saturated heterocycles. The predicted molar refractivity (Wildman–Crippen MR) is 147 cm³/mol. The van der Waals surface area contributed by atoms with Crippen LogP contribution in [0.5, 0.6) is 0 Å². The highest BCUT2D eigenvalue weighted by atomic mass is 35.5. The summed E-state index contributed by atoms with van der Waals surface area (Å²) >= 11 is 13.5. The molecule has 0 spiro atoms. The summed E-state index contributed by atoms with van der Waals surface area (Å²) in [5.74, 6) is -0.788. The van der Waals surface area contributed by atoms with E-state index in [9.17, 15) is 14.9 Å². The number of halogens is 2. The zero-order valence-electron chi connectivity index (χ0n) is 19.9. The van der Waals surface area contributed by atoms with Gasteiger partial charge in [0, 0.05) is 21.4 Å². The lowest BCUT2D eigenvalue weighted by molar-refractivity contribution is -0.117. The minimum absolute atomic E-state index is 0.125. The lowest BCUT2D eigenvalue weighted by Gasteiger charge is -2.20. The van der Waals surface area contributed by atoms with Gasteiger partial charge in [-0.1, -0.05) is 53.2 Å². The van der Waals surface area contributed by atoms with Gasteiger partial charge < -0.3 is 5.32 Å². The number of benzene rings is 3. The smallest absolute Gasteiger partial charge is 0.269 e. The van der Waals surface area contributed by atoms with Gasteiger partial charge in [0.25, 0.3) is 5.91 Å². The van der Waals surface area contributed by atoms with E-state index in [4.69, 9.17) is 23.2 Å². The van der Waals surface area contributed by atoms with Gasteiger partial charge in [-0.05, 0) is 91.9 Å². The van der Waals surface area contributed by atoms with Crippen molar-refractivity contribution in [2.75, 3.05) is 10.2 Å². The summed E-state index contributed by atoms with van der Waals surface area (Å²) in [6.45, 7) is 5.86. The predicted octanol–water partition coefficient (Wildman–Crippen LogP) is 6.98. The third kappa shape index (κ3) is 5.60. The number of nitrogens with one attached hydrogen (secondary N) is 1. The molecule has 36 heavy (non-hydrogen) atoms. The molecule has 0 radical (unpaired) electrons. The van der Waals surface area contributed by atoms with Crippen LogP contribution in [0.15, 0.2) is 71.3 Å². The van der Waals surface area contributed by atoms with Gasteiger partial charge >= 0.3 is 0 Å². The van der Waals surface area contributed by atoms with Gasteiger partial charge in [0.05, 0.1) is 5.25 Å². The number of carbonyl (C=O) groups excluding carboxylic acids is 2. The van der Waals surface area contributed by atoms with Gasteiger partial charge in [0.15, 0.2) is 0 Å². The number of amides is 2. The Morgan fingerprint density at radius 3 is 2.39 bits per heavy atom. The number of hydrogen-bond acceptors (Lipinski definition) is 4. The highest BCUT2D eigenvalue weighted by Crippen LogP contribution is 2.42. The number of nitrogens with zero attached hydrogens (tertiary/aromatic N) is 2. The Morgan fingerprint density at radius 2 is 1.75 bits per heavy atom. The van der Waals surface area contributed by atoms with Crippen LogP contribution in [0, 0.1) is 32.1 Å². The lowest BCUT2D eigenvalue weighted by atomic mass is 10.1. The molecular formula is C28H23Cl2N3O2S. The number of anilines is 2. The van der Waals surface area contributed by atoms with Crippen molar-refractivity contribution in [1.29, 1.82) is 5.26 Å². The van der Waals surface area contributed by atoms with Crippen LogP contribution in [-0.2, 0) is 16.0 Å². The van der Waals surface area contributed by atoms with Gasteiger partial charge in [-0.2, -0.15) is 5.26 Å². The maximum absolute atomic E-state index is 13.7. The molecule has 1 atom stereocenters. The summed E-state index contributed by atoms with van der Waals surface area (Å²) in [6, 6.07) is 20.1. The molecule has 0 aromatic heterocycles. The van der Waals surface area contributed by atoms with E-state index in [0.29, 0.717) is 32.9 Å². The van der Waals surface area contributed by atoms with Crippen molar-refractivity contribution in [3.05, 3.63) is 104 Å². The van der Waals surface area contributed by atoms with Crippen molar-refractivity contribution in [2.45, 2.75) is 32.4 Å². The fourth-order valence-electron chi connectivity index (χ4n) is 3.95. The van der Waals surface area contributed by atoms with E-state index in [0.717, 1.165) is 22.3 Å². The van der Waals surface area contributed by atoms with Gasteiger partial charge in [0.2, 0.25) is 5.91 Å². The standard InChI is InChI=1S/C28H23Cl2N3O2S/c1-16-5-4-6-22(9-16)32-26(34)24(15-31)28-33(23-8-7-17(2)18(3)10-23)27(35)25(36-28)13-19-11-20(29)14-21(30)12-19/h4-12,14,25H,13H2,1-3H3,(H,32,34)/b28-24-. The van der Waals surface area contributed by atoms with Crippen molar-refractivity contribution >= 4 is 58.2 Å². The quantitative estimate of drug-likeness (QED) is 0.282. The Morgan fingerprint density at radius 1 is 1.03 bits per heavy atom. The molecule has 0 saturated carbocycles. The maximum Gasteiger partial charge on any atom is 0.269 e. The molecule has 3 aromatic rings. The molecule has 1 N–H and O–H groups in total. The first-order valence-corrected chi connectivity index (χ1v) is 12.8. The first-order valence-electron chi connectivity index (χ1n) is 11.2. The molecule has 182 valence electrons. The van der Waals surface area contributed by atoms with Crippen LogP contribution in [0.1, 0.15) is 22.3 Å². The van der Waals surface area contributed by atoms with E-state index >= 15 is 0 Å². The molecule has 8 heteroatoms. The van der Waals surface area contributed by atoms with Crippen LogP contribution in [-0.4, -0.2) is 17.1 Å². The summed E-state index contributed by atoms with van der Waals surface area (Å²) < 4.78 is 0. The summed E-state index contributed by atoms with van der Waals surface area (Å²) in [6.07, 6.45) is 0.340. The highest BCUT2D eigenvalue weighted by Gasteiger charge is 2.41. The second-order valence-electron chi connectivity index (χ2n) is 8.65. The maximum atomic E-state index is 13.7. The Balaban J connectivity index is 1.76. The van der Waals surface area contributed by atoms with Crippen LogP contribution < -0.4 is 10.2 Å². The van der Waals surface area contributed by atoms with Gasteiger partial charge in [-0.15, -0.1) is 0 Å². The van der Waals surface area contributed by atoms with E-state index in [-0.39, 0.29) is 11.5 Å². The van der Waals surface area contributed by atoms with E-state index in [1.807, 2.05) is 63.2 Å². The molecule has 3 aromatic carbocycles. The summed E-state index contributed by atoms with van der Waals surface area (Å²) in [7, 11) is 0. The zero-order chi connectivity index (χ0) is 26.0. The van der Waals surface area contributed by atoms with E-state index < -0.39 is 11.2 Å². The van der Waals surface area contributed by atoms with Crippen LogP contribution in [0.2, 0.25) is 10.0 Å². The molecular weight excluding hydrogens is 513 g/mol. The first-order chi connectivity index (χ1) is 17.2. The minimum Gasteiger partial charge on any atom is -0.321 e. The van der Waals surface area contributed by atoms with Crippen LogP contribution in [0.3, 0.4) is 0 Å². The SMILES string of the molecule is Cc1cccc(NC(=O)/C(C#N)=C2\SC(Cc3cc(Cl)cc(Cl)c3)C(=O)N2c2ccc(C)c(C)c2)c1. The Labute approximate surface area is 224 Å². The van der Waals surface area contributed by atoms with E-state index in [1.54, 1.807) is 24.3 Å². The summed E-state index contributed by atoms with van der Waals surface area (Å²) in [5.41, 5.74) is 4.89. The van der Waals surface area contributed by atoms with Crippen molar-refractivity contribution < 1.29 is 9.59 Å². The largest absolute Gasteiger partial charge is 0.321 e. The van der Waals surface area contributed by atoms with Crippen LogP contribution in [0.25, 0.3) is 0 Å². The van der Waals surface area contributed by atoms with E-state index in [2.05, 4.69) is 5.32 Å². The average Bonchev–Trinajstić information content (AvgIpc) is 3.11. The van der Waals surface area contributed by atoms with Crippen LogP contribution >= 0.6 is 35.0 Å². The van der Waals surface area contributed by atoms with Crippen LogP contribution in [0.4, 0.5) is 11.4 Å². The number of aryl methyl sites for hydroxylation is 3. The lowest BCUT2D eigenvalue weighted by Crippen LogP contribution is -2.31. The third-order valence-corrected chi connectivity index (χ3v) is 7.57. The van der Waals surface area contributed by atoms with Crippen molar-refractivity contribution in [3.8, 4) is 6.07 Å². The second kappa shape index (κ2) is 10.8. The normalized spacial score (nSPS) is 16.6. The van der Waals surface area contributed by atoms with Gasteiger partial charge in [0.1, 0.15) is 16.7 Å². The van der Waals surface area contributed by atoms with E-state index in [1.165, 1.54) is 16.7 Å². The number of carbonyl (C=O) groups is 2. The molecule has 1 fully saturated rings. The topological polar surface area (TPSA) is 73.2 Å². The number of thioether (sulfide) groups is 1. The highest BCUT2D eigenvalue weighted by molar-refractivity contribution is 8.05. The fourth-order valence-corrected chi connectivity index (χ4v) is 5.83. The minimum atomic E-state index is -0.571. The fraction of sp³-hybridized carbons (Fsp3) is 0.179. The van der Waals surface area contributed by atoms with Gasteiger partial charge in [-0.25, -0.2) is 0 Å². The molecule has 2 amide bonds. The van der Waals surface area contributed by atoms with Crippen molar-refractivity contribution in [1.82, 2.24) is 0 Å². The average molecular weight is 536 g/mol. The Hall–Kier alpha value is -3.24. The third-order valence-electron chi connectivity index (χ3n) is 5.87. The molecule has 4 rings (SSSR count). The molecule has 1 unspecified atom stereocenters. The summed E-state index contributed by atoms with van der Waals surface area (Å²) in [4.78, 5) is 28.4. The van der Waals surface area contributed by atoms with Crippen molar-refractivity contribution in [3.63, 3.8) is 0 Å². The Kier molecular flexibility index (Phi) is 7.75. The number of rotatable bonds is 5. The number of hydrogen-bond donors (Lipinski definition) is 1. The number of nitriles is 1. The first kappa shape index (κ1) is 25.8. The molecule has 0 aliphatic carbocycles. The van der Waals surface area contributed by atoms with Gasteiger partial charge in [-0.3, -0.25) is 14.5 Å². The monoisotopic (exact) mass is 535 g/mol. The molecule has 0 bridgehead atoms. The molecule has 1 heterocycles. The summed E-state index contributed by atoms with van der Waals surface area (Å²) in [5, 5.41) is 13.5. The molecule has 5 nitrogen and oxygen atoms in total. The molecule has 1 aliphatic rings.